The average Bonchev–Trinajstić information content (AvgIpc) is 2.88. The van der Waals surface area contributed by atoms with E-state index in [9.17, 15) is 8.78 Å². The molecule has 0 atom stereocenters. The Labute approximate surface area is 208 Å². The maximum absolute atomic E-state index is 15.2. The van der Waals surface area contributed by atoms with Gasteiger partial charge in [-0.25, -0.2) is 17.6 Å². The van der Waals surface area contributed by atoms with E-state index in [0.717, 1.165) is 44.4 Å². The molecular weight excluding hydrogens is 448 g/mol. The number of hydrogen-bond donors (Lipinski definition) is 0. The molecular formula is C31H40F4. The second kappa shape index (κ2) is 11.9. The van der Waals surface area contributed by atoms with Crippen LogP contribution in [0.3, 0.4) is 0 Å². The summed E-state index contributed by atoms with van der Waals surface area (Å²) in [5.41, 5.74) is 1.86. The largest absolute Gasteiger partial charge is 0.203 e. The first-order chi connectivity index (χ1) is 16.9. The Hall–Kier alpha value is -1.84. The highest BCUT2D eigenvalue weighted by molar-refractivity contribution is 5.33. The molecule has 0 aromatic heterocycles. The predicted molar refractivity (Wildman–Crippen MR) is 135 cm³/mol. The summed E-state index contributed by atoms with van der Waals surface area (Å²) < 4.78 is 59.7. The Morgan fingerprint density at radius 2 is 1.00 bits per heavy atom. The monoisotopic (exact) mass is 488 g/mol. The van der Waals surface area contributed by atoms with E-state index in [1.165, 1.54) is 12.8 Å². The molecule has 0 aliphatic heterocycles. The molecule has 4 heteroatoms. The van der Waals surface area contributed by atoms with Crippen molar-refractivity contribution in [2.75, 3.05) is 0 Å². The summed E-state index contributed by atoms with van der Waals surface area (Å²) in [6, 6.07) is 7.06. The van der Waals surface area contributed by atoms with E-state index in [2.05, 4.69) is 6.92 Å². The van der Waals surface area contributed by atoms with Crippen molar-refractivity contribution in [1.82, 2.24) is 0 Å². The molecule has 0 nitrogen and oxygen atoms in total. The molecule has 2 fully saturated rings. The van der Waals surface area contributed by atoms with Crippen LogP contribution in [0.1, 0.15) is 131 Å². The standard InChI is InChI=1S/C31H40F4/c1-3-5-7-24-16-17-25(29(33)28(24)32)22-12-14-23(15-13-22)27-19-18-26(30(34)31(27)35)21-10-8-20(6-4-2)9-11-21/h16-23H,3-15H2,1-2H3. The van der Waals surface area contributed by atoms with Gasteiger partial charge < -0.3 is 0 Å². The molecule has 0 heterocycles. The fraction of sp³-hybridized carbons (Fsp3) is 0.613. The minimum atomic E-state index is -0.725. The van der Waals surface area contributed by atoms with Crippen molar-refractivity contribution in [2.45, 2.75) is 115 Å². The SMILES string of the molecule is CCCCc1ccc(C2CCC(c3ccc(C4CCC(CCC)CC4)c(F)c3F)CC2)c(F)c1F. The van der Waals surface area contributed by atoms with E-state index in [-0.39, 0.29) is 17.8 Å². The van der Waals surface area contributed by atoms with Gasteiger partial charge in [-0.3, -0.25) is 0 Å². The van der Waals surface area contributed by atoms with E-state index in [0.29, 0.717) is 54.4 Å². The first-order valence-electron chi connectivity index (χ1n) is 13.9. The Balaban J connectivity index is 1.41. The van der Waals surface area contributed by atoms with Crippen LogP contribution in [0.5, 0.6) is 0 Å². The van der Waals surface area contributed by atoms with Crippen LogP contribution >= 0.6 is 0 Å². The van der Waals surface area contributed by atoms with Crippen LogP contribution in [0, 0.1) is 29.2 Å². The van der Waals surface area contributed by atoms with E-state index >= 15 is 8.78 Å². The van der Waals surface area contributed by atoms with Gasteiger partial charge in [0.1, 0.15) is 0 Å². The Morgan fingerprint density at radius 3 is 1.46 bits per heavy atom. The smallest absolute Gasteiger partial charge is 0.162 e. The van der Waals surface area contributed by atoms with Gasteiger partial charge in [0.05, 0.1) is 0 Å². The van der Waals surface area contributed by atoms with Gasteiger partial charge >= 0.3 is 0 Å². The number of hydrogen-bond acceptors (Lipinski definition) is 0. The Morgan fingerprint density at radius 1 is 0.571 bits per heavy atom. The second-order valence-electron chi connectivity index (χ2n) is 11.0. The molecule has 0 saturated heterocycles. The van der Waals surface area contributed by atoms with Gasteiger partial charge in [-0.2, -0.15) is 0 Å². The topological polar surface area (TPSA) is 0 Å². The molecule has 0 spiro atoms. The van der Waals surface area contributed by atoms with Crippen molar-refractivity contribution >= 4 is 0 Å². The molecule has 2 aliphatic rings. The van der Waals surface area contributed by atoms with Gasteiger partial charge in [0.15, 0.2) is 23.3 Å². The maximum Gasteiger partial charge on any atom is 0.162 e. The zero-order valence-electron chi connectivity index (χ0n) is 21.3. The lowest BCUT2D eigenvalue weighted by Gasteiger charge is -2.31. The van der Waals surface area contributed by atoms with E-state index < -0.39 is 23.3 Å². The first kappa shape index (κ1) is 26.2. The van der Waals surface area contributed by atoms with E-state index in [1.807, 2.05) is 13.0 Å². The zero-order chi connectivity index (χ0) is 24.9. The summed E-state index contributed by atoms with van der Waals surface area (Å²) in [6.45, 7) is 4.23. The lowest BCUT2D eigenvalue weighted by molar-refractivity contribution is 0.302. The second-order valence-corrected chi connectivity index (χ2v) is 11.0. The molecule has 0 bridgehead atoms. The summed E-state index contributed by atoms with van der Waals surface area (Å²) in [4.78, 5) is 0. The lowest BCUT2D eigenvalue weighted by atomic mass is 9.74. The number of halogens is 4. The zero-order valence-corrected chi connectivity index (χ0v) is 21.3. The van der Waals surface area contributed by atoms with Crippen molar-refractivity contribution in [3.8, 4) is 0 Å². The van der Waals surface area contributed by atoms with Crippen LogP contribution < -0.4 is 0 Å². The molecule has 2 saturated carbocycles. The van der Waals surface area contributed by atoms with Crippen molar-refractivity contribution in [3.05, 3.63) is 69.8 Å². The first-order valence-corrected chi connectivity index (χ1v) is 13.9. The molecule has 2 aliphatic carbocycles. The fourth-order valence-electron chi connectivity index (χ4n) is 6.58. The lowest BCUT2D eigenvalue weighted by Crippen LogP contribution is -2.17. The Kier molecular flexibility index (Phi) is 8.94. The summed E-state index contributed by atoms with van der Waals surface area (Å²) in [7, 11) is 0. The Bertz CT molecular complexity index is 982. The summed E-state index contributed by atoms with van der Waals surface area (Å²) in [5, 5.41) is 0. The van der Waals surface area contributed by atoms with Crippen LogP contribution in [-0.2, 0) is 6.42 Å². The van der Waals surface area contributed by atoms with Crippen LogP contribution in [0.25, 0.3) is 0 Å². The van der Waals surface area contributed by atoms with Gasteiger partial charge in [-0.15, -0.1) is 0 Å². The third-order valence-electron chi connectivity index (χ3n) is 8.72. The highest BCUT2D eigenvalue weighted by Gasteiger charge is 2.31. The molecule has 4 rings (SSSR count). The fourth-order valence-corrected chi connectivity index (χ4v) is 6.58. The third-order valence-corrected chi connectivity index (χ3v) is 8.72. The number of benzene rings is 2. The van der Waals surface area contributed by atoms with Crippen LogP contribution in [0.4, 0.5) is 17.6 Å². The summed E-state index contributed by atoms with van der Waals surface area (Å²) in [5.74, 6) is -2.12. The summed E-state index contributed by atoms with van der Waals surface area (Å²) >= 11 is 0. The third kappa shape index (κ3) is 5.78. The number of unbranched alkanes of at least 4 members (excludes halogenated alkanes) is 1. The van der Waals surface area contributed by atoms with Gasteiger partial charge in [0.25, 0.3) is 0 Å². The van der Waals surface area contributed by atoms with Crippen LogP contribution in [-0.4, -0.2) is 0 Å². The minimum Gasteiger partial charge on any atom is -0.203 e. The highest BCUT2D eigenvalue weighted by atomic mass is 19.2. The van der Waals surface area contributed by atoms with Crippen molar-refractivity contribution in [1.29, 1.82) is 0 Å². The van der Waals surface area contributed by atoms with Crippen LogP contribution in [0.2, 0.25) is 0 Å². The highest BCUT2D eigenvalue weighted by Crippen LogP contribution is 2.44. The quantitative estimate of drug-likeness (QED) is 0.324. The molecule has 2 aromatic carbocycles. The van der Waals surface area contributed by atoms with Crippen LogP contribution in [0.15, 0.2) is 24.3 Å². The van der Waals surface area contributed by atoms with E-state index in [4.69, 9.17) is 0 Å². The van der Waals surface area contributed by atoms with Crippen molar-refractivity contribution in [3.63, 3.8) is 0 Å². The maximum atomic E-state index is 15.2. The van der Waals surface area contributed by atoms with Gasteiger partial charge in [0.2, 0.25) is 0 Å². The predicted octanol–water partition coefficient (Wildman–Crippen LogP) is 10.1. The molecule has 0 amide bonds. The number of rotatable bonds is 8. The van der Waals surface area contributed by atoms with Gasteiger partial charge in [-0.05, 0) is 110 Å². The normalized spacial score (nSPS) is 25.1. The minimum absolute atomic E-state index is 0.0770. The molecule has 35 heavy (non-hydrogen) atoms. The molecule has 192 valence electrons. The summed E-state index contributed by atoms with van der Waals surface area (Å²) in [6.07, 6.45) is 11.4. The van der Waals surface area contributed by atoms with E-state index in [1.54, 1.807) is 18.2 Å². The van der Waals surface area contributed by atoms with Crippen molar-refractivity contribution in [2.24, 2.45) is 5.92 Å². The molecule has 0 N–H and O–H groups in total. The number of aryl methyl sites for hydroxylation is 1. The van der Waals surface area contributed by atoms with Gasteiger partial charge in [-0.1, -0.05) is 57.4 Å². The van der Waals surface area contributed by atoms with Crippen molar-refractivity contribution < 1.29 is 17.6 Å². The molecule has 0 radical (unpaired) electrons. The molecule has 0 unspecified atom stereocenters. The average molecular weight is 489 g/mol. The van der Waals surface area contributed by atoms with Gasteiger partial charge in [0, 0.05) is 0 Å². The molecule has 2 aromatic rings.